The molecular formula is C20H18N4S. The van der Waals surface area contributed by atoms with Crippen molar-refractivity contribution in [2.75, 3.05) is 0 Å². The molecule has 4 rings (SSSR count). The molecule has 0 fully saturated rings. The van der Waals surface area contributed by atoms with E-state index in [-0.39, 0.29) is 0 Å². The Morgan fingerprint density at radius 3 is 2.44 bits per heavy atom. The minimum Gasteiger partial charge on any atom is -0.187 e. The molecule has 1 aromatic heterocycles. The van der Waals surface area contributed by atoms with Gasteiger partial charge in [0, 0.05) is 5.75 Å². The Bertz CT molecular complexity index is 1010. The number of para-hydroxylation sites is 1. The van der Waals surface area contributed by atoms with Crippen LogP contribution in [0.25, 0.3) is 16.5 Å². The number of aryl methyl sites for hydroxylation is 2. The molecule has 4 aromatic rings. The van der Waals surface area contributed by atoms with E-state index in [9.17, 15) is 0 Å². The van der Waals surface area contributed by atoms with Gasteiger partial charge in [-0.2, -0.15) is 4.68 Å². The van der Waals surface area contributed by atoms with Crippen molar-refractivity contribution in [3.8, 4) is 5.69 Å². The Morgan fingerprint density at radius 2 is 1.60 bits per heavy atom. The summed E-state index contributed by atoms with van der Waals surface area (Å²) in [5.74, 6) is 0.826. The van der Waals surface area contributed by atoms with Crippen molar-refractivity contribution < 1.29 is 0 Å². The quantitative estimate of drug-likeness (QED) is 0.501. The summed E-state index contributed by atoms with van der Waals surface area (Å²) in [6, 6.07) is 21.1. The molecule has 5 heteroatoms. The molecule has 124 valence electrons. The summed E-state index contributed by atoms with van der Waals surface area (Å²) >= 11 is 1.66. The topological polar surface area (TPSA) is 43.6 Å². The van der Waals surface area contributed by atoms with E-state index in [4.69, 9.17) is 0 Å². The van der Waals surface area contributed by atoms with Crippen LogP contribution in [0, 0.1) is 13.8 Å². The number of nitrogens with zero attached hydrogens (tertiary/aromatic N) is 4. The van der Waals surface area contributed by atoms with E-state index >= 15 is 0 Å². The van der Waals surface area contributed by atoms with Crippen LogP contribution in [0.3, 0.4) is 0 Å². The summed E-state index contributed by atoms with van der Waals surface area (Å²) in [6.07, 6.45) is 0. The lowest BCUT2D eigenvalue weighted by atomic mass is 10.1. The molecule has 0 radical (unpaired) electrons. The maximum absolute atomic E-state index is 4.23. The largest absolute Gasteiger partial charge is 0.214 e. The van der Waals surface area contributed by atoms with Crippen LogP contribution in [-0.2, 0) is 5.75 Å². The summed E-state index contributed by atoms with van der Waals surface area (Å²) in [6.45, 7) is 4.17. The van der Waals surface area contributed by atoms with Crippen LogP contribution in [0.2, 0.25) is 0 Å². The zero-order valence-corrected chi connectivity index (χ0v) is 15.0. The summed E-state index contributed by atoms with van der Waals surface area (Å²) < 4.78 is 1.85. The van der Waals surface area contributed by atoms with Gasteiger partial charge in [-0.3, -0.25) is 0 Å². The summed E-state index contributed by atoms with van der Waals surface area (Å²) in [5, 5.41) is 15.7. The van der Waals surface area contributed by atoms with Gasteiger partial charge in [0.15, 0.2) is 0 Å². The molecule has 0 bridgehead atoms. The highest BCUT2D eigenvalue weighted by atomic mass is 32.2. The number of fused-ring (bicyclic) bond motifs is 1. The van der Waals surface area contributed by atoms with Gasteiger partial charge in [0.05, 0.1) is 5.69 Å². The van der Waals surface area contributed by atoms with Crippen molar-refractivity contribution in [3.05, 3.63) is 77.4 Å². The van der Waals surface area contributed by atoms with Crippen molar-refractivity contribution in [2.24, 2.45) is 0 Å². The Morgan fingerprint density at radius 1 is 0.880 bits per heavy atom. The first-order chi connectivity index (χ1) is 12.2. The average Bonchev–Trinajstić information content (AvgIpc) is 3.08. The lowest BCUT2D eigenvalue weighted by Gasteiger charge is -2.11. The molecule has 0 spiro atoms. The Kier molecular flexibility index (Phi) is 4.24. The van der Waals surface area contributed by atoms with Gasteiger partial charge in [-0.15, -0.1) is 5.10 Å². The SMILES string of the molecule is Cc1cccc(C)c1-n1nnnc1SCc1cccc2ccccc12. The molecule has 0 aliphatic carbocycles. The third kappa shape index (κ3) is 3.03. The zero-order valence-electron chi connectivity index (χ0n) is 14.2. The summed E-state index contributed by atoms with van der Waals surface area (Å²) in [7, 11) is 0. The zero-order chi connectivity index (χ0) is 17.2. The molecule has 1 heterocycles. The number of hydrogen-bond donors (Lipinski definition) is 0. The number of benzene rings is 3. The van der Waals surface area contributed by atoms with Crippen molar-refractivity contribution in [2.45, 2.75) is 24.8 Å². The Balaban J connectivity index is 1.66. The second-order valence-electron chi connectivity index (χ2n) is 6.04. The average molecular weight is 346 g/mol. The molecule has 4 nitrogen and oxygen atoms in total. The molecule has 0 saturated carbocycles. The molecule has 0 saturated heterocycles. The van der Waals surface area contributed by atoms with Crippen molar-refractivity contribution in [1.29, 1.82) is 0 Å². The molecule has 0 atom stereocenters. The number of thioether (sulfide) groups is 1. The first kappa shape index (κ1) is 15.8. The van der Waals surface area contributed by atoms with Gasteiger partial charge < -0.3 is 0 Å². The minimum atomic E-state index is 0.810. The van der Waals surface area contributed by atoms with Crippen LogP contribution in [0.5, 0.6) is 0 Å². The standard InChI is InChI=1S/C20H18N4S/c1-14-7-5-8-15(2)19(14)24-20(21-22-23-24)25-13-17-11-6-10-16-9-3-4-12-18(16)17/h3-12H,13H2,1-2H3. The monoisotopic (exact) mass is 346 g/mol. The number of rotatable bonds is 4. The number of aromatic nitrogens is 4. The van der Waals surface area contributed by atoms with E-state index in [0.29, 0.717) is 0 Å². The molecule has 0 aliphatic heterocycles. The lowest BCUT2D eigenvalue weighted by Crippen LogP contribution is -2.04. The first-order valence-corrected chi connectivity index (χ1v) is 9.17. The highest BCUT2D eigenvalue weighted by Gasteiger charge is 2.13. The predicted octanol–water partition coefficient (Wildman–Crippen LogP) is 4.72. The van der Waals surface area contributed by atoms with Crippen LogP contribution >= 0.6 is 11.8 Å². The van der Waals surface area contributed by atoms with Gasteiger partial charge >= 0.3 is 0 Å². The highest BCUT2D eigenvalue weighted by Crippen LogP contribution is 2.28. The summed E-state index contributed by atoms with van der Waals surface area (Å²) in [4.78, 5) is 0. The Hall–Kier alpha value is -2.66. The van der Waals surface area contributed by atoms with E-state index in [0.717, 1.165) is 16.6 Å². The Labute approximate surface area is 150 Å². The number of hydrogen-bond acceptors (Lipinski definition) is 4. The fourth-order valence-corrected chi connectivity index (χ4v) is 3.99. The highest BCUT2D eigenvalue weighted by molar-refractivity contribution is 7.98. The van der Waals surface area contributed by atoms with Crippen LogP contribution < -0.4 is 0 Å². The van der Waals surface area contributed by atoms with Crippen molar-refractivity contribution in [3.63, 3.8) is 0 Å². The second-order valence-corrected chi connectivity index (χ2v) is 6.98. The normalized spacial score (nSPS) is 11.1. The summed E-state index contributed by atoms with van der Waals surface area (Å²) in [5.41, 5.74) is 4.69. The van der Waals surface area contributed by atoms with Gasteiger partial charge in [0.25, 0.3) is 0 Å². The van der Waals surface area contributed by atoms with E-state index in [1.54, 1.807) is 11.8 Å². The van der Waals surface area contributed by atoms with Crippen molar-refractivity contribution in [1.82, 2.24) is 20.2 Å². The van der Waals surface area contributed by atoms with Crippen molar-refractivity contribution >= 4 is 22.5 Å². The molecule has 0 aliphatic rings. The molecule has 0 amide bonds. The van der Waals surface area contributed by atoms with E-state index in [1.165, 1.54) is 27.5 Å². The second kappa shape index (κ2) is 6.69. The molecular weight excluding hydrogens is 328 g/mol. The van der Waals surface area contributed by atoms with Crippen LogP contribution in [0.4, 0.5) is 0 Å². The first-order valence-electron chi connectivity index (χ1n) is 8.18. The van der Waals surface area contributed by atoms with Crippen LogP contribution in [-0.4, -0.2) is 20.2 Å². The third-order valence-electron chi connectivity index (χ3n) is 4.33. The predicted molar refractivity (Wildman–Crippen MR) is 102 cm³/mol. The molecule has 25 heavy (non-hydrogen) atoms. The fraction of sp³-hybridized carbons (Fsp3) is 0.150. The van der Waals surface area contributed by atoms with Gasteiger partial charge in [0.1, 0.15) is 0 Å². The van der Waals surface area contributed by atoms with E-state index in [2.05, 4.69) is 90.0 Å². The van der Waals surface area contributed by atoms with Gasteiger partial charge in [-0.1, -0.05) is 72.4 Å². The lowest BCUT2D eigenvalue weighted by molar-refractivity contribution is 0.747. The fourth-order valence-electron chi connectivity index (χ4n) is 3.11. The smallest absolute Gasteiger partial charge is 0.187 e. The molecule has 3 aromatic carbocycles. The molecule has 0 unspecified atom stereocenters. The minimum absolute atomic E-state index is 0.810. The third-order valence-corrected chi connectivity index (χ3v) is 5.30. The maximum atomic E-state index is 4.23. The number of tetrazole rings is 1. The van der Waals surface area contributed by atoms with E-state index < -0.39 is 0 Å². The maximum Gasteiger partial charge on any atom is 0.214 e. The van der Waals surface area contributed by atoms with Crippen LogP contribution in [0.1, 0.15) is 16.7 Å². The van der Waals surface area contributed by atoms with Gasteiger partial charge in [-0.25, -0.2) is 0 Å². The van der Waals surface area contributed by atoms with Gasteiger partial charge in [-0.05, 0) is 51.7 Å². The van der Waals surface area contributed by atoms with Crippen LogP contribution in [0.15, 0.2) is 65.8 Å². The van der Waals surface area contributed by atoms with Gasteiger partial charge in [0.2, 0.25) is 5.16 Å². The van der Waals surface area contributed by atoms with E-state index in [1.807, 2.05) is 4.68 Å². The molecule has 0 N–H and O–H groups in total.